The minimum Gasteiger partial charge on any atom is -0.493 e. The molecule has 0 aliphatic rings. The molecule has 0 radical (unpaired) electrons. The van der Waals surface area contributed by atoms with Gasteiger partial charge in [-0.1, -0.05) is 25.1 Å². The lowest BCUT2D eigenvalue weighted by Gasteiger charge is -2.08. The average molecular weight is 165 g/mol. The van der Waals surface area contributed by atoms with Gasteiger partial charge in [0.25, 0.3) is 0 Å². The molecule has 0 bridgehead atoms. The second-order valence-corrected chi connectivity index (χ2v) is 2.66. The third kappa shape index (κ3) is 2.24. The summed E-state index contributed by atoms with van der Waals surface area (Å²) in [5.41, 5.74) is 6.62. The van der Waals surface area contributed by atoms with Crippen LogP contribution in [0.4, 0.5) is 0 Å². The van der Waals surface area contributed by atoms with E-state index < -0.39 is 0 Å². The largest absolute Gasteiger partial charge is 0.493 e. The Morgan fingerprint density at radius 3 is 2.75 bits per heavy atom. The highest BCUT2D eigenvalue weighted by Gasteiger charge is 1.98. The molecule has 0 amide bonds. The average Bonchev–Trinajstić information content (AvgIpc) is 2.15. The summed E-state index contributed by atoms with van der Waals surface area (Å²) in [7, 11) is 0. The van der Waals surface area contributed by atoms with E-state index in [2.05, 4.69) is 6.92 Å². The summed E-state index contributed by atoms with van der Waals surface area (Å²) < 4.78 is 5.50. The van der Waals surface area contributed by atoms with Gasteiger partial charge in [0.1, 0.15) is 5.75 Å². The van der Waals surface area contributed by atoms with Gasteiger partial charge in [-0.3, -0.25) is 0 Å². The highest BCUT2D eigenvalue weighted by atomic mass is 16.5. The van der Waals surface area contributed by atoms with Crippen molar-refractivity contribution in [1.29, 1.82) is 0 Å². The first kappa shape index (κ1) is 9.07. The van der Waals surface area contributed by atoms with Crippen molar-refractivity contribution in [3.8, 4) is 5.75 Å². The van der Waals surface area contributed by atoms with Crippen LogP contribution in [0.2, 0.25) is 0 Å². The molecule has 1 aromatic rings. The number of ether oxygens (including phenoxy) is 1. The number of benzene rings is 1. The fourth-order valence-electron chi connectivity index (χ4n) is 1.03. The summed E-state index contributed by atoms with van der Waals surface area (Å²) in [6.07, 6.45) is 1.03. The molecule has 0 fully saturated rings. The summed E-state index contributed by atoms with van der Waals surface area (Å²) in [6, 6.07) is 7.88. The molecule has 2 N–H and O–H groups in total. The first-order chi connectivity index (χ1) is 5.88. The van der Waals surface area contributed by atoms with Crippen molar-refractivity contribution in [2.75, 3.05) is 6.61 Å². The standard InChI is InChI=1S/C10H15NO/c1-2-7-12-10-6-4-3-5-9(10)8-11/h3-6H,2,7-8,11H2,1H3. The molecule has 0 saturated carbocycles. The maximum atomic E-state index is 5.54. The van der Waals surface area contributed by atoms with Gasteiger partial charge in [0.2, 0.25) is 0 Å². The second-order valence-electron chi connectivity index (χ2n) is 2.66. The Labute approximate surface area is 73.3 Å². The van der Waals surface area contributed by atoms with Gasteiger partial charge in [-0.15, -0.1) is 0 Å². The van der Waals surface area contributed by atoms with Gasteiger partial charge in [0.05, 0.1) is 6.61 Å². The molecule has 12 heavy (non-hydrogen) atoms. The predicted molar refractivity (Wildman–Crippen MR) is 50.1 cm³/mol. The molecule has 1 rings (SSSR count). The molecule has 2 heteroatoms. The highest BCUT2D eigenvalue weighted by Crippen LogP contribution is 2.16. The van der Waals surface area contributed by atoms with Crippen LogP contribution in [-0.4, -0.2) is 6.61 Å². The van der Waals surface area contributed by atoms with Crippen molar-refractivity contribution < 1.29 is 4.74 Å². The van der Waals surface area contributed by atoms with Crippen LogP contribution in [-0.2, 0) is 6.54 Å². The van der Waals surface area contributed by atoms with Gasteiger partial charge in [0.15, 0.2) is 0 Å². The lowest BCUT2D eigenvalue weighted by Crippen LogP contribution is -2.02. The third-order valence-corrected chi connectivity index (χ3v) is 1.65. The molecular formula is C10H15NO. The molecule has 0 heterocycles. The summed E-state index contributed by atoms with van der Waals surface area (Å²) in [4.78, 5) is 0. The van der Waals surface area contributed by atoms with E-state index in [1.807, 2.05) is 24.3 Å². The molecule has 0 saturated heterocycles. The fourth-order valence-corrected chi connectivity index (χ4v) is 1.03. The fraction of sp³-hybridized carbons (Fsp3) is 0.400. The van der Waals surface area contributed by atoms with Gasteiger partial charge in [-0.25, -0.2) is 0 Å². The van der Waals surface area contributed by atoms with E-state index in [1.54, 1.807) is 0 Å². The molecule has 0 aliphatic carbocycles. The summed E-state index contributed by atoms with van der Waals surface area (Å²) in [5.74, 6) is 0.918. The molecule has 0 atom stereocenters. The molecule has 0 unspecified atom stereocenters. The first-order valence-corrected chi connectivity index (χ1v) is 4.29. The highest BCUT2D eigenvalue weighted by molar-refractivity contribution is 5.32. The maximum Gasteiger partial charge on any atom is 0.123 e. The Bertz CT molecular complexity index is 235. The van der Waals surface area contributed by atoms with E-state index in [9.17, 15) is 0 Å². The number of hydrogen-bond donors (Lipinski definition) is 1. The molecule has 0 spiro atoms. The van der Waals surface area contributed by atoms with Crippen molar-refractivity contribution in [2.24, 2.45) is 5.73 Å². The van der Waals surface area contributed by atoms with E-state index in [1.165, 1.54) is 0 Å². The van der Waals surface area contributed by atoms with E-state index in [4.69, 9.17) is 10.5 Å². The zero-order chi connectivity index (χ0) is 8.81. The van der Waals surface area contributed by atoms with Crippen LogP contribution < -0.4 is 10.5 Å². The van der Waals surface area contributed by atoms with Crippen LogP contribution in [0.1, 0.15) is 18.9 Å². The first-order valence-electron chi connectivity index (χ1n) is 4.29. The minimum atomic E-state index is 0.542. The SMILES string of the molecule is CCCOc1ccccc1CN. The molecule has 0 aromatic heterocycles. The van der Waals surface area contributed by atoms with Crippen molar-refractivity contribution in [3.05, 3.63) is 29.8 Å². The normalized spacial score (nSPS) is 9.83. The monoisotopic (exact) mass is 165 g/mol. The van der Waals surface area contributed by atoms with Gasteiger partial charge < -0.3 is 10.5 Å². The Morgan fingerprint density at radius 1 is 1.33 bits per heavy atom. The van der Waals surface area contributed by atoms with Crippen LogP contribution in [0.25, 0.3) is 0 Å². The smallest absolute Gasteiger partial charge is 0.123 e. The Hall–Kier alpha value is -1.02. The third-order valence-electron chi connectivity index (χ3n) is 1.65. The number of rotatable bonds is 4. The zero-order valence-corrected chi connectivity index (χ0v) is 7.42. The molecule has 0 aliphatic heterocycles. The summed E-state index contributed by atoms with van der Waals surface area (Å²) >= 11 is 0. The Kier molecular flexibility index (Phi) is 3.61. The van der Waals surface area contributed by atoms with Crippen LogP contribution in [0, 0.1) is 0 Å². The topological polar surface area (TPSA) is 35.2 Å². The van der Waals surface area contributed by atoms with E-state index >= 15 is 0 Å². The zero-order valence-electron chi connectivity index (χ0n) is 7.42. The van der Waals surface area contributed by atoms with Gasteiger partial charge in [0, 0.05) is 12.1 Å². The van der Waals surface area contributed by atoms with E-state index in [0.29, 0.717) is 6.54 Å². The minimum absolute atomic E-state index is 0.542. The molecule has 1 aromatic carbocycles. The van der Waals surface area contributed by atoms with Gasteiger partial charge >= 0.3 is 0 Å². The van der Waals surface area contributed by atoms with Crippen molar-refractivity contribution in [2.45, 2.75) is 19.9 Å². The van der Waals surface area contributed by atoms with E-state index in [0.717, 1.165) is 24.3 Å². The number of hydrogen-bond acceptors (Lipinski definition) is 2. The Morgan fingerprint density at radius 2 is 2.08 bits per heavy atom. The van der Waals surface area contributed by atoms with Crippen LogP contribution in [0.15, 0.2) is 24.3 Å². The predicted octanol–water partition coefficient (Wildman–Crippen LogP) is 1.93. The van der Waals surface area contributed by atoms with Crippen molar-refractivity contribution >= 4 is 0 Å². The number of nitrogens with two attached hydrogens (primary N) is 1. The van der Waals surface area contributed by atoms with Crippen molar-refractivity contribution in [1.82, 2.24) is 0 Å². The number of para-hydroxylation sites is 1. The quantitative estimate of drug-likeness (QED) is 0.740. The summed E-state index contributed by atoms with van der Waals surface area (Å²) in [5, 5.41) is 0. The van der Waals surface area contributed by atoms with E-state index in [-0.39, 0.29) is 0 Å². The maximum absolute atomic E-state index is 5.54. The summed E-state index contributed by atoms with van der Waals surface area (Å²) in [6.45, 7) is 3.39. The van der Waals surface area contributed by atoms with Crippen LogP contribution in [0.3, 0.4) is 0 Å². The lowest BCUT2D eigenvalue weighted by molar-refractivity contribution is 0.314. The van der Waals surface area contributed by atoms with Crippen LogP contribution in [0.5, 0.6) is 5.75 Å². The van der Waals surface area contributed by atoms with Crippen molar-refractivity contribution in [3.63, 3.8) is 0 Å². The molecule has 66 valence electrons. The van der Waals surface area contributed by atoms with Gasteiger partial charge in [-0.05, 0) is 12.5 Å². The van der Waals surface area contributed by atoms with Crippen LogP contribution >= 0.6 is 0 Å². The lowest BCUT2D eigenvalue weighted by atomic mass is 10.2. The van der Waals surface area contributed by atoms with Gasteiger partial charge in [-0.2, -0.15) is 0 Å². The Balaban J connectivity index is 2.68. The second kappa shape index (κ2) is 4.78. The molecular weight excluding hydrogens is 150 g/mol. The molecule has 2 nitrogen and oxygen atoms in total.